The number of benzene rings is 3. The Morgan fingerprint density at radius 3 is 2.19 bits per heavy atom. The van der Waals surface area contributed by atoms with Gasteiger partial charge in [-0.15, -0.1) is 0 Å². The Morgan fingerprint density at radius 1 is 0.844 bits per heavy atom. The van der Waals surface area contributed by atoms with Crippen LogP contribution in [0, 0.1) is 0 Å². The van der Waals surface area contributed by atoms with E-state index in [-0.39, 0.29) is 5.78 Å². The quantitative estimate of drug-likeness (QED) is 0.245. The number of unbranched alkanes of at least 4 members (excludes halogenated alkanes) is 1. The lowest BCUT2D eigenvalue weighted by Crippen LogP contribution is -2.10. The Kier molecular flexibility index (Phi) is 7.24. The Bertz CT molecular complexity index is 1180. The van der Waals surface area contributed by atoms with Gasteiger partial charge in [-0.25, -0.2) is 0 Å². The fourth-order valence-electron chi connectivity index (χ4n) is 4.18. The van der Waals surface area contributed by atoms with Crippen LogP contribution in [0.4, 0.5) is 0 Å². The zero-order valence-corrected chi connectivity index (χ0v) is 19.2. The maximum absolute atomic E-state index is 13.7. The van der Waals surface area contributed by atoms with E-state index in [0.717, 1.165) is 70.8 Å². The molecule has 162 valence electrons. The lowest BCUT2D eigenvalue weighted by Gasteiger charge is -2.12. The van der Waals surface area contributed by atoms with Crippen molar-refractivity contribution in [3.05, 3.63) is 119 Å². The fourth-order valence-corrected chi connectivity index (χ4v) is 4.41. The van der Waals surface area contributed by atoms with Crippen molar-refractivity contribution in [3.63, 3.8) is 0 Å². The van der Waals surface area contributed by atoms with Crippen LogP contribution >= 0.6 is 11.6 Å². The third kappa shape index (κ3) is 4.87. The van der Waals surface area contributed by atoms with Gasteiger partial charge in [-0.3, -0.25) is 4.79 Å². The summed E-state index contributed by atoms with van der Waals surface area (Å²) in [5.41, 5.74) is 5.88. The highest BCUT2D eigenvalue weighted by Gasteiger charge is 2.23. The molecule has 3 aromatic carbocycles. The average Bonchev–Trinajstić information content (AvgIpc) is 3.21. The molecule has 2 nitrogen and oxygen atoms in total. The fraction of sp³-hybridized carbons (Fsp3) is 0.207. The zero-order valence-electron chi connectivity index (χ0n) is 18.4. The molecule has 0 spiro atoms. The normalized spacial score (nSPS) is 10.9. The number of aryl methyl sites for hydroxylation is 2. The van der Waals surface area contributed by atoms with E-state index < -0.39 is 0 Å². The zero-order chi connectivity index (χ0) is 22.3. The van der Waals surface area contributed by atoms with Crippen molar-refractivity contribution in [2.24, 2.45) is 0 Å². The van der Waals surface area contributed by atoms with Crippen LogP contribution in [0.5, 0.6) is 0 Å². The molecule has 0 aliphatic carbocycles. The van der Waals surface area contributed by atoms with Crippen LogP contribution in [0.15, 0.2) is 91.1 Å². The minimum absolute atomic E-state index is 0.0899. The number of rotatable bonds is 9. The van der Waals surface area contributed by atoms with Crippen molar-refractivity contribution in [2.45, 2.75) is 39.2 Å². The van der Waals surface area contributed by atoms with E-state index >= 15 is 0 Å². The van der Waals surface area contributed by atoms with Gasteiger partial charge in [0.05, 0.1) is 5.56 Å². The summed E-state index contributed by atoms with van der Waals surface area (Å²) >= 11 is 6.41. The molecule has 0 radical (unpaired) electrons. The van der Waals surface area contributed by atoms with Crippen LogP contribution in [0.3, 0.4) is 0 Å². The van der Waals surface area contributed by atoms with Gasteiger partial charge < -0.3 is 4.57 Å². The minimum atomic E-state index is 0.0899. The Morgan fingerprint density at radius 2 is 1.50 bits per heavy atom. The van der Waals surface area contributed by atoms with Crippen LogP contribution in [0.1, 0.15) is 46.9 Å². The molecule has 1 heterocycles. The van der Waals surface area contributed by atoms with Gasteiger partial charge >= 0.3 is 0 Å². The lowest BCUT2D eigenvalue weighted by molar-refractivity contribution is 0.103. The highest BCUT2D eigenvalue weighted by atomic mass is 35.5. The summed E-state index contributed by atoms with van der Waals surface area (Å²) in [7, 11) is 0. The van der Waals surface area contributed by atoms with Crippen LogP contribution in [-0.2, 0) is 19.4 Å². The summed E-state index contributed by atoms with van der Waals surface area (Å²) in [5, 5.41) is 0.790. The monoisotopic (exact) mass is 441 g/mol. The molecule has 0 unspecified atom stereocenters. The van der Waals surface area contributed by atoms with Crippen LogP contribution in [-0.4, -0.2) is 10.4 Å². The van der Waals surface area contributed by atoms with Gasteiger partial charge in [0.25, 0.3) is 0 Å². The average molecular weight is 442 g/mol. The van der Waals surface area contributed by atoms with Crippen molar-refractivity contribution < 1.29 is 4.79 Å². The van der Waals surface area contributed by atoms with Gasteiger partial charge in [-0.05, 0) is 36.5 Å². The SMILES string of the molecule is CCCCc1c(C(=O)c2ccccc2)c(-c2ccccc2)cn1CCc1ccccc1Cl. The third-order valence-electron chi connectivity index (χ3n) is 5.88. The Hall–Kier alpha value is -3.10. The smallest absolute Gasteiger partial charge is 0.195 e. The van der Waals surface area contributed by atoms with Crippen molar-refractivity contribution in [1.29, 1.82) is 0 Å². The molecular formula is C29H28ClNO. The van der Waals surface area contributed by atoms with E-state index in [2.05, 4.69) is 35.9 Å². The molecule has 0 amide bonds. The molecule has 32 heavy (non-hydrogen) atoms. The number of hydrogen-bond acceptors (Lipinski definition) is 1. The third-order valence-corrected chi connectivity index (χ3v) is 6.25. The van der Waals surface area contributed by atoms with E-state index in [4.69, 9.17) is 11.6 Å². The van der Waals surface area contributed by atoms with Crippen LogP contribution in [0.25, 0.3) is 11.1 Å². The van der Waals surface area contributed by atoms with Crippen molar-refractivity contribution in [2.75, 3.05) is 0 Å². The predicted octanol–water partition coefficient (Wildman–Crippen LogP) is 7.62. The Balaban J connectivity index is 1.81. The first-order chi connectivity index (χ1) is 15.7. The number of halogens is 1. The number of hydrogen-bond donors (Lipinski definition) is 0. The summed E-state index contributed by atoms with van der Waals surface area (Å²) < 4.78 is 2.28. The standard InChI is InChI=1S/C29H28ClNO/c1-2-3-18-27-28(29(32)24-15-8-5-9-16-24)25(22-12-6-4-7-13-22)21-31(27)20-19-23-14-10-11-17-26(23)30/h4-17,21H,2-3,18-20H2,1H3. The lowest BCUT2D eigenvalue weighted by atomic mass is 9.94. The number of carbonyl (C=O) groups excluding carboxylic acids is 1. The topological polar surface area (TPSA) is 22.0 Å². The number of nitrogens with zero attached hydrogens (tertiary/aromatic N) is 1. The molecule has 3 heteroatoms. The minimum Gasteiger partial charge on any atom is -0.350 e. The molecule has 0 aliphatic rings. The summed E-state index contributed by atoms with van der Waals surface area (Å²) in [5.74, 6) is 0.0899. The largest absolute Gasteiger partial charge is 0.350 e. The maximum atomic E-state index is 13.7. The molecule has 0 N–H and O–H groups in total. The first-order valence-corrected chi connectivity index (χ1v) is 11.7. The van der Waals surface area contributed by atoms with Crippen molar-refractivity contribution >= 4 is 17.4 Å². The van der Waals surface area contributed by atoms with Gasteiger partial charge in [-0.2, -0.15) is 0 Å². The second kappa shape index (κ2) is 10.5. The van der Waals surface area contributed by atoms with E-state index in [0.29, 0.717) is 0 Å². The molecule has 0 atom stereocenters. The second-order valence-electron chi connectivity index (χ2n) is 8.06. The highest BCUT2D eigenvalue weighted by Crippen LogP contribution is 2.32. The van der Waals surface area contributed by atoms with Gasteiger partial charge in [0.1, 0.15) is 0 Å². The van der Waals surface area contributed by atoms with Gasteiger partial charge in [-0.1, -0.05) is 104 Å². The number of aromatic nitrogens is 1. The van der Waals surface area contributed by atoms with Crippen molar-refractivity contribution in [3.8, 4) is 11.1 Å². The first kappa shape index (κ1) is 22.1. The molecular weight excluding hydrogens is 414 g/mol. The van der Waals surface area contributed by atoms with E-state index in [1.165, 1.54) is 0 Å². The molecule has 0 saturated carbocycles. The van der Waals surface area contributed by atoms with Crippen LogP contribution < -0.4 is 0 Å². The molecule has 1 aromatic heterocycles. The second-order valence-corrected chi connectivity index (χ2v) is 8.47. The van der Waals surface area contributed by atoms with E-state index in [1.807, 2.05) is 66.7 Å². The highest BCUT2D eigenvalue weighted by molar-refractivity contribution is 6.31. The van der Waals surface area contributed by atoms with Crippen molar-refractivity contribution in [1.82, 2.24) is 4.57 Å². The first-order valence-electron chi connectivity index (χ1n) is 11.3. The molecule has 4 aromatic rings. The summed E-state index contributed by atoms with van der Waals surface area (Å²) in [6, 6.07) is 27.8. The van der Waals surface area contributed by atoms with Crippen LogP contribution in [0.2, 0.25) is 5.02 Å². The molecule has 4 rings (SSSR count). The van der Waals surface area contributed by atoms with E-state index in [1.54, 1.807) is 0 Å². The molecule has 0 aliphatic heterocycles. The molecule has 0 fully saturated rings. The molecule has 0 bridgehead atoms. The number of carbonyl (C=O) groups is 1. The summed E-state index contributed by atoms with van der Waals surface area (Å²) in [4.78, 5) is 13.7. The summed E-state index contributed by atoms with van der Waals surface area (Å²) in [6.45, 7) is 2.97. The maximum Gasteiger partial charge on any atom is 0.195 e. The molecule has 0 saturated heterocycles. The number of ketones is 1. The van der Waals surface area contributed by atoms with E-state index in [9.17, 15) is 4.79 Å². The Labute approximate surface area is 195 Å². The summed E-state index contributed by atoms with van der Waals surface area (Å²) in [6.07, 6.45) is 5.97. The predicted molar refractivity (Wildman–Crippen MR) is 134 cm³/mol. The van der Waals surface area contributed by atoms with Gasteiger partial charge in [0.2, 0.25) is 0 Å². The van der Waals surface area contributed by atoms with Gasteiger partial charge in [0.15, 0.2) is 5.78 Å². The van der Waals surface area contributed by atoms with Gasteiger partial charge in [0, 0.05) is 34.6 Å².